The lowest BCUT2D eigenvalue weighted by molar-refractivity contribution is -0.892. The molecule has 1 aliphatic rings. The summed E-state index contributed by atoms with van der Waals surface area (Å²) in [7, 11) is 0. The third-order valence-corrected chi connectivity index (χ3v) is 3.87. The molecule has 0 bridgehead atoms. The molecular formula is C16H24FN2O+. The second-order valence-corrected chi connectivity index (χ2v) is 5.73. The SMILES string of the molecule is Cc1ccc(NC(=O)C[NH+]2CCCCCCC2)c(F)c1. The van der Waals surface area contributed by atoms with E-state index in [-0.39, 0.29) is 17.4 Å². The minimum absolute atomic E-state index is 0.0941. The molecule has 4 heteroatoms. The minimum atomic E-state index is -0.360. The van der Waals surface area contributed by atoms with Gasteiger partial charge in [0.1, 0.15) is 5.82 Å². The molecule has 110 valence electrons. The molecule has 0 aromatic heterocycles. The van der Waals surface area contributed by atoms with Gasteiger partial charge in [0, 0.05) is 0 Å². The summed E-state index contributed by atoms with van der Waals surface area (Å²) in [6.07, 6.45) is 6.20. The molecule has 1 aromatic rings. The van der Waals surface area contributed by atoms with Crippen LogP contribution < -0.4 is 10.2 Å². The third kappa shape index (κ3) is 4.60. The maximum absolute atomic E-state index is 13.7. The molecule has 20 heavy (non-hydrogen) atoms. The normalized spacial score (nSPS) is 17.3. The molecule has 1 aromatic carbocycles. The molecule has 1 amide bonds. The zero-order chi connectivity index (χ0) is 14.4. The van der Waals surface area contributed by atoms with E-state index in [1.807, 2.05) is 13.0 Å². The predicted octanol–water partition coefficient (Wildman–Crippen LogP) is 1.92. The van der Waals surface area contributed by atoms with Gasteiger partial charge in [-0.05, 0) is 50.3 Å². The highest BCUT2D eigenvalue weighted by molar-refractivity contribution is 5.91. The van der Waals surface area contributed by atoms with Crippen molar-refractivity contribution in [1.29, 1.82) is 0 Å². The third-order valence-electron chi connectivity index (χ3n) is 3.87. The number of hydrogen-bond acceptors (Lipinski definition) is 1. The number of carbonyl (C=O) groups excluding carboxylic acids is 1. The molecule has 0 atom stereocenters. The fourth-order valence-electron chi connectivity index (χ4n) is 2.73. The standard InChI is InChI=1S/C16H23FN2O/c1-13-7-8-15(14(17)11-13)18-16(20)12-19-9-5-3-2-4-6-10-19/h7-8,11H,2-6,9-10,12H2,1H3,(H,18,20)/p+1. The van der Waals surface area contributed by atoms with E-state index in [4.69, 9.17) is 0 Å². The van der Waals surface area contributed by atoms with Crippen molar-refractivity contribution < 1.29 is 14.1 Å². The van der Waals surface area contributed by atoms with E-state index in [9.17, 15) is 9.18 Å². The molecule has 0 saturated carbocycles. The maximum atomic E-state index is 13.7. The van der Waals surface area contributed by atoms with Crippen LogP contribution in [-0.2, 0) is 4.79 Å². The Hall–Kier alpha value is -1.42. The number of hydrogen-bond donors (Lipinski definition) is 2. The number of carbonyl (C=O) groups is 1. The van der Waals surface area contributed by atoms with Crippen molar-refractivity contribution in [3.05, 3.63) is 29.6 Å². The second kappa shape index (κ2) is 7.39. The number of aryl methyl sites for hydroxylation is 1. The van der Waals surface area contributed by atoms with Crippen molar-refractivity contribution in [2.75, 3.05) is 25.0 Å². The van der Waals surface area contributed by atoms with Crippen LogP contribution in [-0.4, -0.2) is 25.5 Å². The minimum Gasteiger partial charge on any atom is -0.327 e. The zero-order valence-corrected chi connectivity index (χ0v) is 12.2. The predicted molar refractivity (Wildman–Crippen MR) is 78.4 cm³/mol. The quantitative estimate of drug-likeness (QED) is 0.871. The van der Waals surface area contributed by atoms with E-state index in [1.54, 1.807) is 6.07 Å². The number of amides is 1. The van der Waals surface area contributed by atoms with Gasteiger partial charge in [-0.1, -0.05) is 12.5 Å². The van der Waals surface area contributed by atoms with Crippen molar-refractivity contribution in [1.82, 2.24) is 0 Å². The Labute approximate surface area is 120 Å². The maximum Gasteiger partial charge on any atom is 0.279 e. The van der Waals surface area contributed by atoms with E-state index in [2.05, 4.69) is 5.32 Å². The summed E-state index contributed by atoms with van der Waals surface area (Å²) in [5, 5.41) is 2.69. The van der Waals surface area contributed by atoms with Gasteiger partial charge in [0.15, 0.2) is 6.54 Å². The smallest absolute Gasteiger partial charge is 0.279 e. The Morgan fingerprint density at radius 1 is 1.20 bits per heavy atom. The van der Waals surface area contributed by atoms with Crippen LogP contribution in [0.4, 0.5) is 10.1 Å². The zero-order valence-electron chi connectivity index (χ0n) is 12.2. The summed E-state index contributed by atoms with van der Waals surface area (Å²) in [6.45, 7) is 4.36. The highest BCUT2D eigenvalue weighted by Gasteiger charge is 2.16. The van der Waals surface area contributed by atoms with Crippen molar-refractivity contribution >= 4 is 11.6 Å². The van der Waals surface area contributed by atoms with E-state index in [1.165, 1.54) is 43.1 Å². The lowest BCUT2D eigenvalue weighted by Crippen LogP contribution is -3.13. The van der Waals surface area contributed by atoms with E-state index < -0.39 is 0 Å². The summed E-state index contributed by atoms with van der Waals surface area (Å²) in [5.41, 5.74) is 1.14. The molecule has 3 nitrogen and oxygen atoms in total. The molecule has 1 fully saturated rings. The Morgan fingerprint density at radius 3 is 2.50 bits per heavy atom. The second-order valence-electron chi connectivity index (χ2n) is 5.73. The molecule has 0 aliphatic carbocycles. The number of likely N-dealkylation sites (tertiary alicyclic amines) is 1. The Balaban J connectivity index is 1.87. The molecule has 1 saturated heterocycles. The fourth-order valence-corrected chi connectivity index (χ4v) is 2.73. The molecule has 1 heterocycles. The molecule has 0 radical (unpaired) electrons. The highest BCUT2D eigenvalue weighted by Crippen LogP contribution is 2.14. The number of rotatable bonds is 3. The molecule has 2 N–H and O–H groups in total. The van der Waals surface area contributed by atoms with E-state index >= 15 is 0 Å². The monoisotopic (exact) mass is 279 g/mol. The van der Waals surface area contributed by atoms with Gasteiger partial charge in [-0.2, -0.15) is 0 Å². The average Bonchev–Trinajstić information content (AvgIpc) is 2.36. The summed E-state index contributed by atoms with van der Waals surface area (Å²) >= 11 is 0. The summed E-state index contributed by atoms with van der Waals surface area (Å²) in [5.74, 6) is -0.454. The lowest BCUT2D eigenvalue weighted by atomic mass is 10.1. The summed E-state index contributed by atoms with van der Waals surface area (Å²) in [4.78, 5) is 13.3. The summed E-state index contributed by atoms with van der Waals surface area (Å²) in [6, 6.07) is 4.88. The van der Waals surface area contributed by atoms with Crippen LogP contribution in [0.25, 0.3) is 0 Å². The Kier molecular flexibility index (Phi) is 5.53. The highest BCUT2D eigenvalue weighted by atomic mass is 19.1. The number of halogens is 1. The van der Waals surface area contributed by atoms with Gasteiger partial charge >= 0.3 is 0 Å². The Morgan fingerprint density at radius 2 is 1.85 bits per heavy atom. The first-order chi connectivity index (χ1) is 9.65. The van der Waals surface area contributed by atoms with Gasteiger partial charge in [0.25, 0.3) is 5.91 Å². The molecule has 1 aliphatic heterocycles. The molecule has 0 spiro atoms. The van der Waals surface area contributed by atoms with Crippen LogP contribution >= 0.6 is 0 Å². The van der Waals surface area contributed by atoms with Crippen molar-refractivity contribution in [2.45, 2.75) is 39.0 Å². The largest absolute Gasteiger partial charge is 0.327 e. The molecular weight excluding hydrogens is 255 g/mol. The first-order valence-corrected chi connectivity index (χ1v) is 7.55. The molecule has 0 unspecified atom stereocenters. The van der Waals surface area contributed by atoms with Crippen LogP contribution in [0.1, 0.15) is 37.7 Å². The van der Waals surface area contributed by atoms with Gasteiger partial charge in [-0.15, -0.1) is 0 Å². The fraction of sp³-hybridized carbons (Fsp3) is 0.562. The number of nitrogens with one attached hydrogen (secondary N) is 2. The van der Waals surface area contributed by atoms with E-state index in [0.717, 1.165) is 18.7 Å². The molecule has 2 rings (SSSR count). The van der Waals surface area contributed by atoms with Gasteiger partial charge in [-0.3, -0.25) is 4.79 Å². The van der Waals surface area contributed by atoms with Crippen LogP contribution in [0.3, 0.4) is 0 Å². The topological polar surface area (TPSA) is 33.5 Å². The first kappa shape index (κ1) is 15.0. The first-order valence-electron chi connectivity index (χ1n) is 7.55. The van der Waals surface area contributed by atoms with Crippen molar-refractivity contribution in [3.8, 4) is 0 Å². The lowest BCUT2D eigenvalue weighted by Gasteiger charge is -2.21. The van der Waals surface area contributed by atoms with Crippen LogP contribution in [0, 0.1) is 12.7 Å². The average molecular weight is 279 g/mol. The van der Waals surface area contributed by atoms with Gasteiger partial charge in [-0.25, -0.2) is 4.39 Å². The van der Waals surface area contributed by atoms with Crippen LogP contribution in [0.2, 0.25) is 0 Å². The van der Waals surface area contributed by atoms with Gasteiger partial charge < -0.3 is 10.2 Å². The summed E-state index contributed by atoms with van der Waals surface area (Å²) < 4.78 is 13.7. The van der Waals surface area contributed by atoms with Crippen LogP contribution in [0.15, 0.2) is 18.2 Å². The van der Waals surface area contributed by atoms with Crippen molar-refractivity contribution in [3.63, 3.8) is 0 Å². The Bertz CT molecular complexity index is 454. The number of anilines is 1. The van der Waals surface area contributed by atoms with Gasteiger partial charge in [0.05, 0.1) is 18.8 Å². The van der Waals surface area contributed by atoms with Crippen molar-refractivity contribution in [2.24, 2.45) is 0 Å². The van der Waals surface area contributed by atoms with Gasteiger partial charge in [0.2, 0.25) is 0 Å². The van der Waals surface area contributed by atoms with Crippen LogP contribution in [0.5, 0.6) is 0 Å². The van der Waals surface area contributed by atoms with E-state index in [0.29, 0.717) is 6.54 Å². The number of benzene rings is 1. The number of quaternary nitrogens is 1.